The lowest BCUT2D eigenvalue weighted by Gasteiger charge is -2.18. The lowest BCUT2D eigenvalue weighted by molar-refractivity contribution is 0.0601. The molecule has 0 radical (unpaired) electrons. The van der Waals surface area contributed by atoms with Gasteiger partial charge in [-0.25, -0.2) is 4.79 Å². The molecule has 1 heterocycles. The van der Waals surface area contributed by atoms with Crippen LogP contribution in [-0.2, 0) is 4.74 Å². The zero-order chi connectivity index (χ0) is 13.7. The van der Waals surface area contributed by atoms with Gasteiger partial charge in [-0.15, -0.1) is 0 Å². The standard InChI is InChI=1S/C14H19ClN2O2/c1-19-14(18)12-9-11(4-5-13(12)15)17-10-3-2-7-16-8-6-10/h4-5,9-10,16-17H,2-3,6-8H2,1H3. The molecule has 1 aliphatic heterocycles. The highest BCUT2D eigenvalue weighted by atomic mass is 35.5. The van der Waals surface area contributed by atoms with E-state index in [1.54, 1.807) is 12.1 Å². The zero-order valence-corrected chi connectivity index (χ0v) is 11.8. The normalized spacial score (nSPS) is 19.6. The van der Waals surface area contributed by atoms with E-state index in [-0.39, 0.29) is 0 Å². The van der Waals surface area contributed by atoms with E-state index in [1.165, 1.54) is 7.11 Å². The molecule has 2 N–H and O–H groups in total. The minimum atomic E-state index is -0.406. The fourth-order valence-corrected chi connectivity index (χ4v) is 2.48. The summed E-state index contributed by atoms with van der Waals surface area (Å²) in [4.78, 5) is 11.6. The van der Waals surface area contributed by atoms with Crippen molar-refractivity contribution in [3.8, 4) is 0 Å². The van der Waals surface area contributed by atoms with Gasteiger partial charge in [0.15, 0.2) is 0 Å². The number of methoxy groups -OCH3 is 1. The van der Waals surface area contributed by atoms with Crippen LogP contribution >= 0.6 is 11.6 Å². The molecule has 2 rings (SSSR count). The van der Waals surface area contributed by atoms with Crippen LogP contribution in [0.25, 0.3) is 0 Å². The Kier molecular flexibility index (Phi) is 5.05. The van der Waals surface area contributed by atoms with Crippen LogP contribution in [0.4, 0.5) is 5.69 Å². The van der Waals surface area contributed by atoms with Gasteiger partial charge in [-0.2, -0.15) is 0 Å². The molecule has 0 aromatic heterocycles. The van der Waals surface area contributed by atoms with Crippen molar-refractivity contribution in [2.75, 3.05) is 25.5 Å². The summed E-state index contributed by atoms with van der Waals surface area (Å²) < 4.78 is 4.72. The highest BCUT2D eigenvalue weighted by molar-refractivity contribution is 6.33. The van der Waals surface area contributed by atoms with Crippen molar-refractivity contribution in [2.24, 2.45) is 0 Å². The molecule has 0 aliphatic carbocycles. The van der Waals surface area contributed by atoms with Gasteiger partial charge >= 0.3 is 5.97 Å². The molecular weight excluding hydrogens is 264 g/mol. The number of ether oxygens (including phenoxy) is 1. The van der Waals surface area contributed by atoms with Crippen LogP contribution in [0.15, 0.2) is 18.2 Å². The van der Waals surface area contributed by atoms with Gasteiger partial charge in [0.05, 0.1) is 17.7 Å². The molecule has 5 heteroatoms. The quantitative estimate of drug-likeness (QED) is 0.837. The van der Waals surface area contributed by atoms with E-state index in [0.717, 1.165) is 38.0 Å². The lowest BCUT2D eigenvalue weighted by Crippen LogP contribution is -2.21. The molecule has 1 fully saturated rings. The molecule has 4 nitrogen and oxygen atoms in total. The maximum absolute atomic E-state index is 11.6. The van der Waals surface area contributed by atoms with Crippen LogP contribution < -0.4 is 10.6 Å². The third-order valence-corrected chi connectivity index (χ3v) is 3.65. The van der Waals surface area contributed by atoms with E-state index in [9.17, 15) is 4.79 Å². The number of esters is 1. The van der Waals surface area contributed by atoms with Gasteiger partial charge in [-0.05, 0) is 50.6 Å². The molecule has 0 spiro atoms. The molecule has 1 atom stereocenters. The van der Waals surface area contributed by atoms with Crippen molar-refractivity contribution >= 4 is 23.3 Å². The molecule has 0 saturated carbocycles. The first-order valence-electron chi connectivity index (χ1n) is 6.56. The molecular formula is C14H19ClN2O2. The average molecular weight is 283 g/mol. The Labute approximate surface area is 118 Å². The second kappa shape index (κ2) is 6.78. The Morgan fingerprint density at radius 3 is 3.05 bits per heavy atom. The van der Waals surface area contributed by atoms with Crippen LogP contribution in [0.5, 0.6) is 0 Å². The first kappa shape index (κ1) is 14.2. The van der Waals surface area contributed by atoms with Crippen LogP contribution in [0.2, 0.25) is 5.02 Å². The number of hydrogen-bond acceptors (Lipinski definition) is 4. The van der Waals surface area contributed by atoms with Gasteiger partial charge < -0.3 is 15.4 Å². The summed E-state index contributed by atoms with van der Waals surface area (Å²) in [5.74, 6) is -0.406. The van der Waals surface area contributed by atoms with Crippen molar-refractivity contribution in [2.45, 2.75) is 25.3 Å². The molecule has 1 unspecified atom stereocenters. The summed E-state index contributed by atoms with van der Waals surface area (Å²) in [7, 11) is 1.36. The summed E-state index contributed by atoms with van der Waals surface area (Å²) in [5, 5.41) is 7.25. The van der Waals surface area contributed by atoms with Gasteiger partial charge in [-0.3, -0.25) is 0 Å². The van der Waals surface area contributed by atoms with E-state index >= 15 is 0 Å². The number of rotatable bonds is 3. The number of carbonyl (C=O) groups excluding carboxylic acids is 1. The molecule has 0 bridgehead atoms. The topological polar surface area (TPSA) is 50.4 Å². The number of carbonyl (C=O) groups is 1. The first-order chi connectivity index (χ1) is 9.20. The monoisotopic (exact) mass is 282 g/mol. The Hall–Kier alpha value is -1.26. The third kappa shape index (κ3) is 3.85. The van der Waals surface area contributed by atoms with Crippen LogP contribution in [0, 0.1) is 0 Å². The van der Waals surface area contributed by atoms with Crippen molar-refractivity contribution in [1.82, 2.24) is 5.32 Å². The summed E-state index contributed by atoms with van der Waals surface area (Å²) in [6, 6.07) is 5.81. The molecule has 1 aromatic rings. The summed E-state index contributed by atoms with van der Waals surface area (Å²) in [6.07, 6.45) is 3.37. The number of nitrogens with one attached hydrogen (secondary N) is 2. The van der Waals surface area contributed by atoms with E-state index < -0.39 is 5.97 Å². The zero-order valence-electron chi connectivity index (χ0n) is 11.0. The molecule has 0 amide bonds. The maximum Gasteiger partial charge on any atom is 0.339 e. The molecule has 1 aliphatic rings. The summed E-state index contributed by atoms with van der Waals surface area (Å²) in [5.41, 5.74) is 1.32. The van der Waals surface area contributed by atoms with E-state index in [2.05, 4.69) is 10.6 Å². The van der Waals surface area contributed by atoms with Crippen molar-refractivity contribution in [1.29, 1.82) is 0 Å². The SMILES string of the molecule is COC(=O)c1cc(NC2CCCNCC2)ccc1Cl. The van der Waals surface area contributed by atoms with Crippen LogP contribution in [-0.4, -0.2) is 32.2 Å². The Morgan fingerprint density at radius 1 is 1.42 bits per heavy atom. The van der Waals surface area contributed by atoms with Crippen molar-refractivity contribution < 1.29 is 9.53 Å². The molecule has 104 valence electrons. The Bertz CT molecular complexity index is 443. The van der Waals surface area contributed by atoms with Gasteiger partial charge in [0, 0.05) is 11.7 Å². The first-order valence-corrected chi connectivity index (χ1v) is 6.93. The third-order valence-electron chi connectivity index (χ3n) is 3.32. The molecule has 19 heavy (non-hydrogen) atoms. The van der Waals surface area contributed by atoms with E-state index in [4.69, 9.17) is 16.3 Å². The minimum absolute atomic E-state index is 0.404. The van der Waals surface area contributed by atoms with Gasteiger partial charge in [0.25, 0.3) is 0 Å². The highest BCUT2D eigenvalue weighted by Gasteiger charge is 2.14. The number of hydrogen-bond donors (Lipinski definition) is 2. The average Bonchev–Trinajstić information content (AvgIpc) is 2.68. The summed E-state index contributed by atoms with van der Waals surface area (Å²) >= 11 is 6.00. The van der Waals surface area contributed by atoms with Crippen molar-refractivity contribution in [3.05, 3.63) is 28.8 Å². The van der Waals surface area contributed by atoms with Gasteiger partial charge in [0.1, 0.15) is 0 Å². The maximum atomic E-state index is 11.6. The van der Waals surface area contributed by atoms with E-state index in [1.807, 2.05) is 6.07 Å². The largest absolute Gasteiger partial charge is 0.465 e. The highest BCUT2D eigenvalue weighted by Crippen LogP contribution is 2.23. The Balaban J connectivity index is 2.09. The van der Waals surface area contributed by atoms with Gasteiger partial charge in [-0.1, -0.05) is 11.6 Å². The van der Waals surface area contributed by atoms with Crippen LogP contribution in [0.3, 0.4) is 0 Å². The molecule has 1 aromatic carbocycles. The lowest BCUT2D eigenvalue weighted by atomic mass is 10.1. The van der Waals surface area contributed by atoms with Crippen molar-refractivity contribution in [3.63, 3.8) is 0 Å². The summed E-state index contributed by atoms with van der Waals surface area (Å²) in [6.45, 7) is 2.10. The fourth-order valence-electron chi connectivity index (χ4n) is 2.28. The predicted molar refractivity (Wildman–Crippen MR) is 76.9 cm³/mol. The van der Waals surface area contributed by atoms with Crippen LogP contribution in [0.1, 0.15) is 29.6 Å². The molecule has 1 saturated heterocycles. The van der Waals surface area contributed by atoms with Gasteiger partial charge in [0.2, 0.25) is 0 Å². The number of anilines is 1. The fraction of sp³-hybridized carbons (Fsp3) is 0.500. The Morgan fingerprint density at radius 2 is 2.26 bits per heavy atom. The second-order valence-electron chi connectivity index (χ2n) is 4.71. The number of benzene rings is 1. The smallest absolute Gasteiger partial charge is 0.339 e. The second-order valence-corrected chi connectivity index (χ2v) is 5.12. The predicted octanol–water partition coefficient (Wildman–Crippen LogP) is 2.68. The number of halogens is 1. The minimum Gasteiger partial charge on any atom is -0.465 e. The van der Waals surface area contributed by atoms with E-state index in [0.29, 0.717) is 16.6 Å².